The second-order valence-electron chi connectivity index (χ2n) is 4.24. The van der Waals surface area contributed by atoms with Crippen LogP contribution in [0.1, 0.15) is 0 Å². The number of para-hydroxylation sites is 1. The Morgan fingerprint density at radius 3 is 3.16 bits per heavy atom. The maximum Gasteiger partial charge on any atom is 0.262 e. The van der Waals surface area contributed by atoms with Crippen LogP contribution in [0.2, 0.25) is 0 Å². The lowest BCUT2D eigenvalue weighted by Crippen LogP contribution is -2.23. The Labute approximate surface area is 118 Å². The minimum Gasteiger partial charge on any atom is -0.379 e. The molecule has 1 unspecified atom stereocenters. The molecule has 5 nitrogen and oxygen atoms in total. The molecule has 3 rings (SSSR count). The maximum atomic E-state index is 12.3. The van der Waals surface area contributed by atoms with Crippen LogP contribution in [0.3, 0.4) is 0 Å². The zero-order chi connectivity index (χ0) is 13.4. The Bertz CT molecular complexity index is 712. The third-order valence-corrected chi connectivity index (χ3v) is 5.17. The van der Waals surface area contributed by atoms with Crippen molar-refractivity contribution in [3.05, 3.63) is 34.6 Å². The van der Waals surface area contributed by atoms with Crippen molar-refractivity contribution in [3.63, 3.8) is 0 Å². The Balaban J connectivity index is 1.95. The summed E-state index contributed by atoms with van der Waals surface area (Å²) in [5.74, 6) is 0.721. The first kappa shape index (κ1) is 12.6. The van der Waals surface area contributed by atoms with E-state index in [0.29, 0.717) is 11.9 Å². The minimum atomic E-state index is 0.0171. The van der Waals surface area contributed by atoms with Crippen molar-refractivity contribution in [3.8, 4) is 0 Å². The molecule has 98 valence electrons. The number of nitrogens with one attached hydrogen (secondary N) is 1. The maximum absolute atomic E-state index is 12.3. The first-order valence-electron chi connectivity index (χ1n) is 5.78. The summed E-state index contributed by atoms with van der Waals surface area (Å²) in [6.07, 6.45) is 0. The van der Waals surface area contributed by atoms with Crippen LogP contribution in [0, 0.1) is 5.41 Å². The monoisotopic (exact) mass is 292 g/mol. The fraction of sp³-hybridized carbons (Fsp3) is 0.250. The molecule has 1 aromatic heterocycles. The molecule has 0 radical (unpaired) electrons. The highest BCUT2D eigenvalue weighted by atomic mass is 32.2. The third-order valence-electron chi connectivity index (χ3n) is 2.91. The number of fused-ring (bicyclic) bond motifs is 2. The highest BCUT2D eigenvalue weighted by molar-refractivity contribution is 8.14. The topological polar surface area (TPSA) is 84.8 Å². The van der Waals surface area contributed by atoms with Crippen LogP contribution in [-0.2, 0) is 6.54 Å². The molecular weight excluding hydrogens is 280 g/mol. The molecular formula is C12H12N4OS2. The average Bonchev–Trinajstić information content (AvgIpc) is 2.80. The van der Waals surface area contributed by atoms with Crippen LogP contribution >= 0.6 is 23.5 Å². The molecule has 0 bridgehead atoms. The van der Waals surface area contributed by atoms with E-state index in [1.807, 2.05) is 18.2 Å². The first-order valence-corrected chi connectivity index (χ1v) is 7.65. The van der Waals surface area contributed by atoms with E-state index in [1.54, 1.807) is 22.4 Å². The third kappa shape index (κ3) is 2.35. The molecule has 1 aliphatic heterocycles. The van der Waals surface area contributed by atoms with Crippen molar-refractivity contribution in [1.82, 2.24) is 9.55 Å². The largest absolute Gasteiger partial charge is 0.379 e. The van der Waals surface area contributed by atoms with E-state index < -0.39 is 0 Å². The fourth-order valence-electron chi connectivity index (χ4n) is 2.06. The number of aromatic nitrogens is 2. The smallest absolute Gasteiger partial charge is 0.262 e. The van der Waals surface area contributed by atoms with Crippen molar-refractivity contribution >= 4 is 39.6 Å². The van der Waals surface area contributed by atoms with Crippen molar-refractivity contribution in [2.45, 2.75) is 17.0 Å². The van der Waals surface area contributed by atoms with Gasteiger partial charge in [0, 0.05) is 17.5 Å². The van der Waals surface area contributed by atoms with Crippen LogP contribution in [0.25, 0.3) is 10.9 Å². The van der Waals surface area contributed by atoms with Gasteiger partial charge in [0.1, 0.15) is 0 Å². The van der Waals surface area contributed by atoms with E-state index in [-0.39, 0.29) is 16.0 Å². The van der Waals surface area contributed by atoms with Gasteiger partial charge in [-0.2, -0.15) is 0 Å². The van der Waals surface area contributed by atoms with Crippen molar-refractivity contribution in [2.75, 3.05) is 5.75 Å². The molecule has 0 saturated heterocycles. The highest BCUT2D eigenvalue weighted by Crippen LogP contribution is 2.31. The van der Waals surface area contributed by atoms with Crippen molar-refractivity contribution < 1.29 is 0 Å². The number of nitrogens with zero attached hydrogens (tertiary/aromatic N) is 2. The zero-order valence-corrected chi connectivity index (χ0v) is 11.6. The Morgan fingerprint density at radius 2 is 2.37 bits per heavy atom. The molecule has 2 heterocycles. The number of benzene rings is 1. The summed E-state index contributed by atoms with van der Waals surface area (Å²) in [5, 5.41) is 9.00. The van der Waals surface area contributed by atoms with Crippen LogP contribution in [0.4, 0.5) is 0 Å². The molecule has 2 aromatic rings. The summed E-state index contributed by atoms with van der Waals surface area (Å²) in [7, 11) is 0. The van der Waals surface area contributed by atoms with Crippen LogP contribution in [0.5, 0.6) is 0 Å². The second kappa shape index (κ2) is 4.90. The molecule has 0 spiro atoms. The predicted molar refractivity (Wildman–Crippen MR) is 80.0 cm³/mol. The SMILES string of the molecule is N=C(N)SCC1Cn2c(nc3ccccc3c2=O)S1. The molecule has 0 amide bonds. The van der Waals surface area contributed by atoms with Crippen LogP contribution in [0.15, 0.2) is 34.2 Å². The molecule has 1 aliphatic rings. The van der Waals surface area contributed by atoms with Crippen LogP contribution < -0.4 is 11.3 Å². The van der Waals surface area contributed by atoms with Gasteiger partial charge in [0.05, 0.1) is 10.9 Å². The predicted octanol–water partition coefficient (Wildman–Crippen LogP) is 1.50. The van der Waals surface area contributed by atoms with Gasteiger partial charge in [-0.25, -0.2) is 4.98 Å². The molecule has 0 aliphatic carbocycles. The van der Waals surface area contributed by atoms with Gasteiger partial charge in [-0.3, -0.25) is 14.8 Å². The molecule has 3 N–H and O–H groups in total. The number of hydrogen-bond donors (Lipinski definition) is 2. The van der Waals surface area contributed by atoms with E-state index in [0.717, 1.165) is 16.4 Å². The number of rotatable bonds is 2. The summed E-state index contributed by atoms with van der Waals surface area (Å²) in [5.41, 5.74) is 6.10. The van der Waals surface area contributed by atoms with Gasteiger partial charge < -0.3 is 5.73 Å². The van der Waals surface area contributed by atoms with E-state index >= 15 is 0 Å². The molecule has 0 saturated carbocycles. The second-order valence-corrected chi connectivity index (χ2v) is 6.57. The summed E-state index contributed by atoms with van der Waals surface area (Å²) in [6.45, 7) is 0.636. The van der Waals surface area contributed by atoms with E-state index in [1.165, 1.54) is 11.8 Å². The molecule has 7 heteroatoms. The Kier molecular flexibility index (Phi) is 3.24. The lowest BCUT2D eigenvalue weighted by molar-refractivity contribution is 0.631. The van der Waals surface area contributed by atoms with Crippen LogP contribution in [-0.4, -0.2) is 25.7 Å². The average molecular weight is 292 g/mol. The van der Waals surface area contributed by atoms with Gasteiger partial charge in [-0.05, 0) is 12.1 Å². The van der Waals surface area contributed by atoms with Crippen molar-refractivity contribution in [1.29, 1.82) is 5.41 Å². The summed E-state index contributed by atoms with van der Waals surface area (Å²) in [4.78, 5) is 16.9. The number of hydrogen-bond acceptors (Lipinski definition) is 5. The van der Waals surface area contributed by atoms with Gasteiger partial charge >= 0.3 is 0 Å². The van der Waals surface area contributed by atoms with Crippen molar-refractivity contribution in [2.24, 2.45) is 5.73 Å². The van der Waals surface area contributed by atoms with Gasteiger partial charge in [-0.1, -0.05) is 35.7 Å². The number of amidine groups is 1. The Morgan fingerprint density at radius 1 is 1.58 bits per heavy atom. The lowest BCUT2D eigenvalue weighted by Gasteiger charge is -2.05. The quantitative estimate of drug-likeness (QED) is 0.498. The standard InChI is InChI=1S/C12H12N4OS2/c13-11(14)18-6-7-5-16-10(17)8-3-1-2-4-9(8)15-12(16)19-7/h1-4,7H,5-6H2,(H3,13,14). The molecule has 1 aromatic carbocycles. The number of thioether (sulfide) groups is 2. The van der Waals surface area contributed by atoms with Gasteiger partial charge in [0.25, 0.3) is 5.56 Å². The first-order chi connectivity index (χ1) is 9.15. The van der Waals surface area contributed by atoms with E-state index in [2.05, 4.69) is 4.98 Å². The van der Waals surface area contributed by atoms with E-state index in [9.17, 15) is 4.79 Å². The zero-order valence-electron chi connectivity index (χ0n) is 10.00. The van der Waals surface area contributed by atoms with Gasteiger partial charge in [0.15, 0.2) is 10.3 Å². The van der Waals surface area contributed by atoms with Gasteiger partial charge in [0.2, 0.25) is 0 Å². The Hall–Kier alpha value is -1.47. The molecule has 0 fully saturated rings. The van der Waals surface area contributed by atoms with E-state index in [4.69, 9.17) is 11.1 Å². The molecule has 19 heavy (non-hydrogen) atoms. The minimum absolute atomic E-state index is 0.0171. The fourth-order valence-corrected chi connectivity index (χ4v) is 3.96. The normalized spacial score (nSPS) is 17.6. The highest BCUT2D eigenvalue weighted by Gasteiger charge is 2.25. The summed E-state index contributed by atoms with van der Waals surface area (Å²) < 4.78 is 1.72. The number of nitrogens with two attached hydrogens (primary N) is 1. The summed E-state index contributed by atoms with van der Waals surface area (Å²) >= 11 is 2.89. The molecule has 1 atom stereocenters. The summed E-state index contributed by atoms with van der Waals surface area (Å²) in [6, 6.07) is 7.40. The lowest BCUT2D eigenvalue weighted by atomic mass is 10.2. The van der Waals surface area contributed by atoms with Gasteiger partial charge in [-0.15, -0.1) is 0 Å².